The molecule has 0 aliphatic rings. The Bertz CT molecular complexity index is 360. The molecule has 1 rings (SSSR count). The van der Waals surface area contributed by atoms with Gasteiger partial charge in [-0.05, 0) is 20.8 Å². The van der Waals surface area contributed by atoms with Crippen molar-refractivity contribution in [3.8, 4) is 0 Å². The van der Waals surface area contributed by atoms with Crippen molar-refractivity contribution in [2.45, 2.75) is 32.2 Å². The summed E-state index contributed by atoms with van der Waals surface area (Å²) >= 11 is 6.05. The molecule has 0 aliphatic heterocycles. The Morgan fingerprint density at radius 1 is 1.60 bits per heavy atom. The minimum atomic E-state index is -0.666. The molecule has 0 fully saturated rings. The molecule has 1 atom stereocenters. The van der Waals surface area contributed by atoms with Crippen LogP contribution in [0.1, 0.15) is 30.5 Å². The average Bonchev–Trinajstić information content (AvgIpc) is 2.45. The van der Waals surface area contributed by atoms with Crippen LogP contribution in [0.4, 0.5) is 0 Å². The van der Waals surface area contributed by atoms with Crippen molar-refractivity contribution in [1.82, 2.24) is 15.1 Å². The summed E-state index contributed by atoms with van der Waals surface area (Å²) < 4.78 is 1.70. The molecule has 84 valence electrons. The highest BCUT2D eigenvalue weighted by Crippen LogP contribution is 2.23. The number of hydrogen-bond donors (Lipinski definition) is 1. The van der Waals surface area contributed by atoms with E-state index in [0.717, 1.165) is 11.3 Å². The number of nitrogens with one attached hydrogen (secondary N) is 1. The van der Waals surface area contributed by atoms with E-state index in [2.05, 4.69) is 10.4 Å². The maximum Gasteiger partial charge on any atom is 0.242 e. The highest BCUT2D eigenvalue weighted by atomic mass is 35.5. The van der Waals surface area contributed by atoms with Crippen LogP contribution in [0.3, 0.4) is 0 Å². The van der Waals surface area contributed by atoms with Crippen LogP contribution in [0.15, 0.2) is 6.20 Å². The molecule has 0 spiro atoms. The number of halogens is 1. The van der Waals surface area contributed by atoms with Crippen molar-refractivity contribution in [3.05, 3.63) is 17.5 Å². The van der Waals surface area contributed by atoms with E-state index in [4.69, 9.17) is 11.6 Å². The van der Waals surface area contributed by atoms with Crippen molar-refractivity contribution in [2.75, 3.05) is 0 Å². The van der Waals surface area contributed by atoms with Crippen LogP contribution in [-0.2, 0) is 11.8 Å². The number of aryl methyl sites for hydroxylation is 1. The normalized spacial score (nSPS) is 12.9. The van der Waals surface area contributed by atoms with E-state index in [-0.39, 0.29) is 11.9 Å². The molecule has 0 aliphatic carbocycles. The summed E-state index contributed by atoms with van der Waals surface area (Å²) in [7, 11) is 1.82. The van der Waals surface area contributed by atoms with Gasteiger partial charge in [-0.1, -0.05) is 0 Å². The third kappa shape index (κ3) is 2.72. The third-order valence-electron chi connectivity index (χ3n) is 2.21. The molecule has 4 nitrogen and oxygen atoms in total. The lowest BCUT2D eigenvalue weighted by Crippen LogP contribution is -2.32. The van der Waals surface area contributed by atoms with E-state index in [0.29, 0.717) is 0 Å². The Labute approximate surface area is 94.6 Å². The first-order chi connectivity index (χ1) is 6.93. The zero-order valence-corrected chi connectivity index (χ0v) is 10.2. The maximum absolute atomic E-state index is 11.6. The lowest BCUT2D eigenvalue weighted by molar-refractivity contribution is -0.121. The number of nitrogens with zero attached hydrogens (tertiary/aromatic N) is 2. The Morgan fingerprint density at radius 3 is 2.60 bits per heavy atom. The molecular formula is C10H16ClN3O. The highest BCUT2D eigenvalue weighted by molar-refractivity contribution is 6.30. The molecule has 0 saturated heterocycles. The smallest absolute Gasteiger partial charge is 0.242 e. The fourth-order valence-corrected chi connectivity index (χ4v) is 1.54. The first-order valence-corrected chi connectivity index (χ1v) is 5.30. The number of carbonyl (C=O) groups is 1. The van der Waals surface area contributed by atoms with Crippen LogP contribution < -0.4 is 5.32 Å². The maximum atomic E-state index is 11.6. The molecule has 0 aromatic carbocycles. The summed E-state index contributed by atoms with van der Waals surface area (Å²) in [5.74, 6) is -0.178. The summed E-state index contributed by atoms with van der Waals surface area (Å²) in [5.41, 5.74) is 1.67. The predicted octanol–water partition coefficient (Wildman–Crippen LogP) is 1.53. The van der Waals surface area contributed by atoms with Gasteiger partial charge in [0.25, 0.3) is 0 Å². The second-order valence-electron chi connectivity index (χ2n) is 3.83. The molecule has 0 bridgehead atoms. The van der Waals surface area contributed by atoms with Gasteiger partial charge in [0, 0.05) is 24.3 Å². The highest BCUT2D eigenvalue weighted by Gasteiger charge is 2.21. The fourth-order valence-electron chi connectivity index (χ4n) is 1.26. The van der Waals surface area contributed by atoms with Crippen molar-refractivity contribution in [2.24, 2.45) is 7.05 Å². The Morgan fingerprint density at radius 2 is 2.20 bits per heavy atom. The lowest BCUT2D eigenvalue weighted by Gasteiger charge is -2.12. The average molecular weight is 230 g/mol. The monoisotopic (exact) mass is 229 g/mol. The Kier molecular flexibility index (Phi) is 3.74. The third-order valence-corrected chi connectivity index (χ3v) is 2.64. The molecule has 1 heterocycles. The predicted molar refractivity (Wildman–Crippen MR) is 59.8 cm³/mol. The largest absolute Gasteiger partial charge is 0.352 e. The Hall–Kier alpha value is -1.03. The van der Waals surface area contributed by atoms with Crippen LogP contribution >= 0.6 is 11.6 Å². The van der Waals surface area contributed by atoms with E-state index in [1.165, 1.54) is 0 Å². The van der Waals surface area contributed by atoms with Crippen molar-refractivity contribution in [3.63, 3.8) is 0 Å². The van der Waals surface area contributed by atoms with E-state index >= 15 is 0 Å². The molecule has 1 amide bonds. The Balaban J connectivity index is 2.80. The van der Waals surface area contributed by atoms with Gasteiger partial charge in [-0.15, -0.1) is 11.6 Å². The van der Waals surface area contributed by atoms with Gasteiger partial charge in [-0.2, -0.15) is 5.10 Å². The summed E-state index contributed by atoms with van der Waals surface area (Å²) in [5, 5.41) is 6.15. The summed E-state index contributed by atoms with van der Waals surface area (Å²) in [4.78, 5) is 11.6. The minimum absolute atomic E-state index is 0.0933. The molecule has 15 heavy (non-hydrogen) atoms. The second kappa shape index (κ2) is 4.66. The van der Waals surface area contributed by atoms with Gasteiger partial charge in [0.05, 0.1) is 6.20 Å². The molecule has 0 saturated carbocycles. The molecule has 0 radical (unpaired) electrons. The molecular weight excluding hydrogens is 214 g/mol. The standard InChI is InChI=1S/C10H16ClN3O/c1-6(2)13-10(15)9(11)8-5-12-14(4)7(8)3/h5-6,9H,1-4H3,(H,13,15). The van der Waals surface area contributed by atoms with Crippen LogP contribution in [-0.4, -0.2) is 21.7 Å². The van der Waals surface area contributed by atoms with Gasteiger partial charge < -0.3 is 5.32 Å². The summed E-state index contributed by atoms with van der Waals surface area (Å²) in [6.45, 7) is 5.69. The number of alkyl halides is 1. The van der Waals surface area contributed by atoms with Gasteiger partial charge in [0.15, 0.2) is 0 Å². The van der Waals surface area contributed by atoms with Crippen molar-refractivity contribution >= 4 is 17.5 Å². The van der Waals surface area contributed by atoms with Crippen molar-refractivity contribution < 1.29 is 4.79 Å². The minimum Gasteiger partial charge on any atom is -0.352 e. The van der Waals surface area contributed by atoms with Gasteiger partial charge in [0.1, 0.15) is 5.38 Å². The van der Waals surface area contributed by atoms with Crippen molar-refractivity contribution in [1.29, 1.82) is 0 Å². The van der Waals surface area contributed by atoms with Crippen LogP contribution in [0, 0.1) is 6.92 Å². The first kappa shape index (κ1) is 12.0. The van der Waals surface area contributed by atoms with E-state index in [9.17, 15) is 4.79 Å². The van der Waals surface area contributed by atoms with Crippen LogP contribution in [0.5, 0.6) is 0 Å². The lowest BCUT2D eigenvalue weighted by atomic mass is 10.1. The molecule has 1 N–H and O–H groups in total. The van der Waals surface area contributed by atoms with Crippen LogP contribution in [0.2, 0.25) is 0 Å². The van der Waals surface area contributed by atoms with E-state index in [1.54, 1.807) is 10.9 Å². The number of hydrogen-bond acceptors (Lipinski definition) is 2. The molecule has 5 heteroatoms. The number of amides is 1. The van der Waals surface area contributed by atoms with Gasteiger partial charge in [0.2, 0.25) is 5.91 Å². The van der Waals surface area contributed by atoms with Gasteiger partial charge in [-0.3, -0.25) is 9.48 Å². The number of aromatic nitrogens is 2. The first-order valence-electron chi connectivity index (χ1n) is 4.86. The van der Waals surface area contributed by atoms with Gasteiger partial charge in [-0.25, -0.2) is 0 Å². The van der Waals surface area contributed by atoms with E-state index < -0.39 is 5.38 Å². The SMILES string of the molecule is Cc1c(C(Cl)C(=O)NC(C)C)cnn1C. The summed E-state index contributed by atoms with van der Waals surface area (Å²) in [6.07, 6.45) is 1.63. The topological polar surface area (TPSA) is 46.9 Å². The van der Waals surface area contributed by atoms with E-state index in [1.807, 2.05) is 27.8 Å². The summed E-state index contributed by atoms with van der Waals surface area (Å²) in [6, 6.07) is 0.0933. The van der Waals surface area contributed by atoms with Gasteiger partial charge >= 0.3 is 0 Å². The molecule has 1 aromatic rings. The number of carbonyl (C=O) groups excluding carboxylic acids is 1. The second-order valence-corrected chi connectivity index (χ2v) is 4.27. The number of rotatable bonds is 3. The molecule has 1 aromatic heterocycles. The zero-order chi connectivity index (χ0) is 11.6. The fraction of sp³-hybridized carbons (Fsp3) is 0.600. The quantitative estimate of drug-likeness (QED) is 0.800. The zero-order valence-electron chi connectivity index (χ0n) is 9.41. The molecule has 1 unspecified atom stereocenters. The van der Waals surface area contributed by atoms with Crippen LogP contribution in [0.25, 0.3) is 0 Å².